The van der Waals surface area contributed by atoms with Crippen LogP contribution in [-0.2, 0) is 15.4 Å². The number of aromatic nitrogens is 1. The average molecular weight is 283 g/mol. The highest BCUT2D eigenvalue weighted by Crippen LogP contribution is 2.26. The molecule has 4 nitrogen and oxygen atoms in total. The van der Waals surface area contributed by atoms with Crippen LogP contribution in [0.15, 0.2) is 5.38 Å². The molecule has 16 heavy (non-hydrogen) atoms. The van der Waals surface area contributed by atoms with Crippen molar-refractivity contribution < 1.29 is 8.42 Å². The molecule has 1 aromatic heterocycles. The van der Waals surface area contributed by atoms with Crippen LogP contribution in [0.3, 0.4) is 0 Å². The Kier molecular flexibility index (Phi) is 4.20. The quantitative estimate of drug-likeness (QED) is 0.863. The smallest absolute Gasteiger partial charge is 0.235 e. The van der Waals surface area contributed by atoms with E-state index in [0.717, 1.165) is 5.69 Å². The van der Waals surface area contributed by atoms with Gasteiger partial charge in [0.25, 0.3) is 0 Å². The van der Waals surface area contributed by atoms with Crippen molar-refractivity contribution in [2.45, 2.75) is 26.2 Å². The van der Waals surface area contributed by atoms with Gasteiger partial charge in [-0.1, -0.05) is 20.8 Å². The van der Waals surface area contributed by atoms with Gasteiger partial charge in [0.1, 0.15) is 0 Å². The summed E-state index contributed by atoms with van der Waals surface area (Å²) in [6.07, 6.45) is 0. The molecule has 0 atom stereocenters. The van der Waals surface area contributed by atoms with E-state index >= 15 is 0 Å². The van der Waals surface area contributed by atoms with Crippen molar-refractivity contribution >= 4 is 38.1 Å². The number of anilines is 1. The first-order valence-electron chi connectivity index (χ1n) is 4.77. The predicted octanol–water partition coefficient (Wildman–Crippen LogP) is 2.42. The lowest BCUT2D eigenvalue weighted by atomic mass is 9.93. The Labute approximate surface area is 105 Å². The van der Waals surface area contributed by atoms with Gasteiger partial charge in [-0.15, -0.1) is 22.9 Å². The maximum absolute atomic E-state index is 11.4. The molecule has 92 valence electrons. The molecule has 0 aliphatic carbocycles. The van der Waals surface area contributed by atoms with Crippen molar-refractivity contribution in [2.24, 2.45) is 0 Å². The van der Waals surface area contributed by atoms with Crippen LogP contribution in [0.1, 0.15) is 26.5 Å². The molecule has 0 aliphatic rings. The zero-order chi connectivity index (χ0) is 12.4. The summed E-state index contributed by atoms with van der Waals surface area (Å²) in [4.78, 5) is 4.23. The van der Waals surface area contributed by atoms with E-state index in [1.54, 1.807) is 0 Å². The molecule has 0 radical (unpaired) electrons. The van der Waals surface area contributed by atoms with Crippen molar-refractivity contribution in [1.29, 1.82) is 0 Å². The second kappa shape index (κ2) is 4.89. The molecule has 1 N–H and O–H groups in total. The van der Waals surface area contributed by atoms with Crippen molar-refractivity contribution in [3.8, 4) is 0 Å². The second-order valence-electron chi connectivity index (χ2n) is 4.40. The van der Waals surface area contributed by atoms with Gasteiger partial charge in [0.15, 0.2) is 5.13 Å². The Bertz CT molecular complexity index is 448. The van der Waals surface area contributed by atoms with E-state index in [-0.39, 0.29) is 17.0 Å². The van der Waals surface area contributed by atoms with E-state index in [4.69, 9.17) is 11.6 Å². The summed E-state index contributed by atoms with van der Waals surface area (Å²) in [5.74, 6) is -0.0220. The Morgan fingerprint density at radius 3 is 2.56 bits per heavy atom. The zero-order valence-electron chi connectivity index (χ0n) is 9.45. The molecular weight excluding hydrogens is 268 g/mol. The number of thiazole rings is 1. The Morgan fingerprint density at radius 2 is 2.12 bits per heavy atom. The third-order valence-corrected chi connectivity index (χ3v) is 4.41. The normalized spacial score (nSPS) is 12.8. The fraction of sp³-hybridized carbons (Fsp3) is 0.667. The first kappa shape index (κ1) is 13.7. The lowest BCUT2D eigenvalue weighted by Gasteiger charge is -2.14. The van der Waals surface area contributed by atoms with Crippen molar-refractivity contribution in [1.82, 2.24) is 4.98 Å². The van der Waals surface area contributed by atoms with Crippen molar-refractivity contribution in [3.63, 3.8) is 0 Å². The first-order chi connectivity index (χ1) is 7.24. The number of hydrogen-bond acceptors (Lipinski definition) is 4. The second-order valence-corrected chi connectivity index (χ2v) is 7.48. The van der Waals surface area contributed by atoms with Crippen LogP contribution in [0.2, 0.25) is 0 Å². The van der Waals surface area contributed by atoms with E-state index in [2.05, 4.69) is 9.71 Å². The van der Waals surface area contributed by atoms with Crippen LogP contribution in [0, 0.1) is 0 Å². The molecule has 0 unspecified atom stereocenters. The lowest BCUT2D eigenvalue weighted by molar-refractivity contribution is 0.573. The molecule has 0 spiro atoms. The van der Waals surface area contributed by atoms with Crippen LogP contribution >= 0.6 is 22.9 Å². The van der Waals surface area contributed by atoms with Crippen molar-refractivity contribution in [2.75, 3.05) is 16.4 Å². The van der Waals surface area contributed by atoms with Crippen LogP contribution in [0.25, 0.3) is 0 Å². The van der Waals surface area contributed by atoms with Gasteiger partial charge in [-0.05, 0) is 0 Å². The number of halogens is 1. The van der Waals surface area contributed by atoms with E-state index in [1.165, 1.54) is 11.3 Å². The largest absolute Gasteiger partial charge is 0.259 e. The Hall–Kier alpha value is -0.330. The number of rotatable bonds is 4. The first-order valence-corrected chi connectivity index (χ1v) is 7.84. The van der Waals surface area contributed by atoms with E-state index in [0.29, 0.717) is 5.13 Å². The summed E-state index contributed by atoms with van der Waals surface area (Å²) < 4.78 is 25.3. The number of nitrogens with one attached hydrogen (secondary N) is 1. The van der Waals surface area contributed by atoms with E-state index in [9.17, 15) is 8.42 Å². The highest BCUT2D eigenvalue weighted by Gasteiger charge is 2.19. The minimum Gasteiger partial charge on any atom is -0.259 e. The average Bonchev–Trinajstić information content (AvgIpc) is 2.50. The van der Waals surface area contributed by atoms with Gasteiger partial charge < -0.3 is 0 Å². The maximum Gasteiger partial charge on any atom is 0.235 e. The molecule has 0 saturated heterocycles. The molecule has 0 bridgehead atoms. The molecule has 1 heterocycles. The summed E-state index contributed by atoms with van der Waals surface area (Å²) >= 11 is 6.68. The summed E-state index contributed by atoms with van der Waals surface area (Å²) in [6, 6.07) is 0. The van der Waals surface area contributed by atoms with Gasteiger partial charge in [-0.25, -0.2) is 13.4 Å². The fourth-order valence-corrected chi connectivity index (χ4v) is 3.53. The SMILES string of the molecule is CC(C)(C)c1csc(NS(=O)(=O)CCCl)n1. The number of hydrogen-bond donors (Lipinski definition) is 1. The molecule has 0 fully saturated rings. The van der Waals surface area contributed by atoms with Gasteiger partial charge >= 0.3 is 0 Å². The summed E-state index contributed by atoms with van der Waals surface area (Å²) in [5.41, 5.74) is 0.799. The summed E-state index contributed by atoms with van der Waals surface area (Å²) in [5, 5.41) is 2.26. The van der Waals surface area contributed by atoms with Gasteiger partial charge in [0.05, 0.1) is 11.4 Å². The molecule has 0 amide bonds. The lowest BCUT2D eigenvalue weighted by Crippen LogP contribution is -2.18. The minimum absolute atomic E-state index is 0.0762. The molecule has 0 aliphatic heterocycles. The number of nitrogens with zero attached hydrogens (tertiary/aromatic N) is 1. The third-order valence-electron chi connectivity index (χ3n) is 1.86. The Morgan fingerprint density at radius 1 is 1.50 bits per heavy atom. The Balaban J connectivity index is 2.81. The minimum atomic E-state index is -3.35. The van der Waals surface area contributed by atoms with E-state index in [1.807, 2.05) is 26.2 Å². The van der Waals surface area contributed by atoms with Gasteiger partial charge in [-0.2, -0.15) is 0 Å². The van der Waals surface area contributed by atoms with Crippen molar-refractivity contribution in [3.05, 3.63) is 11.1 Å². The van der Waals surface area contributed by atoms with E-state index < -0.39 is 10.0 Å². The molecule has 1 aromatic rings. The van der Waals surface area contributed by atoms with Gasteiger partial charge in [0, 0.05) is 16.7 Å². The highest BCUT2D eigenvalue weighted by molar-refractivity contribution is 7.92. The predicted molar refractivity (Wildman–Crippen MR) is 68.9 cm³/mol. The third kappa shape index (κ3) is 3.92. The maximum atomic E-state index is 11.4. The monoisotopic (exact) mass is 282 g/mol. The zero-order valence-corrected chi connectivity index (χ0v) is 11.8. The number of sulfonamides is 1. The summed E-state index contributed by atoms with van der Waals surface area (Å²) in [6.45, 7) is 6.08. The van der Waals surface area contributed by atoms with Gasteiger partial charge in [0.2, 0.25) is 10.0 Å². The van der Waals surface area contributed by atoms with Crippen LogP contribution in [-0.4, -0.2) is 25.0 Å². The summed E-state index contributed by atoms with van der Waals surface area (Å²) in [7, 11) is -3.35. The standard InChI is InChI=1S/C9H15ClN2O2S2/c1-9(2,3)7-6-15-8(11-7)12-16(13,14)5-4-10/h6H,4-5H2,1-3H3,(H,11,12). The van der Waals surface area contributed by atoms with Crippen LogP contribution in [0.4, 0.5) is 5.13 Å². The van der Waals surface area contributed by atoms with Gasteiger partial charge in [-0.3, -0.25) is 4.72 Å². The molecule has 1 rings (SSSR count). The molecule has 0 aromatic carbocycles. The highest BCUT2D eigenvalue weighted by atomic mass is 35.5. The topological polar surface area (TPSA) is 59.1 Å². The molecular formula is C9H15ClN2O2S2. The van der Waals surface area contributed by atoms with Crippen LogP contribution < -0.4 is 4.72 Å². The molecule has 0 saturated carbocycles. The van der Waals surface area contributed by atoms with Crippen LogP contribution in [0.5, 0.6) is 0 Å². The number of alkyl halides is 1. The fourth-order valence-electron chi connectivity index (χ4n) is 0.951. The molecule has 7 heteroatoms.